The van der Waals surface area contributed by atoms with E-state index in [2.05, 4.69) is 15.1 Å². The highest BCUT2D eigenvalue weighted by molar-refractivity contribution is 5.46. The summed E-state index contributed by atoms with van der Waals surface area (Å²) in [6, 6.07) is 7.56. The molecule has 2 aliphatic heterocycles. The number of benzene rings is 1. The van der Waals surface area contributed by atoms with Crippen LogP contribution >= 0.6 is 0 Å². The second-order valence-corrected chi connectivity index (χ2v) is 4.81. The standard InChI is InChI=1S/C13H18FN3/c14-11-1-3-12(4-2-11)16-5-7-17(8-6-16)13-9-15-10-13/h1-4,13,15H,5-10H2. The fourth-order valence-corrected chi connectivity index (χ4v) is 2.53. The number of rotatable bonds is 2. The van der Waals surface area contributed by atoms with Gasteiger partial charge in [0.25, 0.3) is 0 Å². The first kappa shape index (κ1) is 11.0. The van der Waals surface area contributed by atoms with Crippen molar-refractivity contribution in [2.24, 2.45) is 0 Å². The lowest BCUT2D eigenvalue weighted by Crippen LogP contribution is -2.61. The largest absolute Gasteiger partial charge is 0.369 e. The van der Waals surface area contributed by atoms with Gasteiger partial charge in [-0.05, 0) is 24.3 Å². The van der Waals surface area contributed by atoms with E-state index in [1.165, 1.54) is 12.1 Å². The van der Waals surface area contributed by atoms with E-state index in [1.807, 2.05) is 12.1 Å². The van der Waals surface area contributed by atoms with Crippen LogP contribution in [0.5, 0.6) is 0 Å². The van der Waals surface area contributed by atoms with Gasteiger partial charge in [-0.25, -0.2) is 4.39 Å². The zero-order chi connectivity index (χ0) is 11.7. The minimum atomic E-state index is -0.159. The maximum Gasteiger partial charge on any atom is 0.123 e. The van der Waals surface area contributed by atoms with Crippen LogP contribution in [0.4, 0.5) is 10.1 Å². The summed E-state index contributed by atoms with van der Waals surface area (Å²) in [6.07, 6.45) is 0. The van der Waals surface area contributed by atoms with Crippen LogP contribution in [-0.2, 0) is 0 Å². The van der Waals surface area contributed by atoms with E-state index in [0.29, 0.717) is 0 Å². The summed E-state index contributed by atoms with van der Waals surface area (Å²) in [7, 11) is 0. The van der Waals surface area contributed by atoms with E-state index in [9.17, 15) is 4.39 Å². The summed E-state index contributed by atoms with van der Waals surface area (Å²) >= 11 is 0. The molecule has 17 heavy (non-hydrogen) atoms. The SMILES string of the molecule is Fc1ccc(N2CCN(C3CNC3)CC2)cc1. The van der Waals surface area contributed by atoms with Gasteiger partial charge < -0.3 is 10.2 Å². The van der Waals surface area contributed by atoms with Crippen LogP contribution in [0.3, 0.4) is 0 Å². The summed E-state index contributed by atoms with van der Waals surface area (Å²) in [5.74, 6) is -0.159. The molecule has 92 valence electrons. The normalized spacial score (nSPS) is 22.5. The highest BCUT2D eigenvalue weighted by Gasteiger charge is 2.27. The van der Waals surface area contributed by atoms with E-state index in [-0.39, 0.29) is 5.82 Å². The molecule has 2 saturated heterocycles. The lowest BCUT2D eigenvalue weighted by molar-refractivity contribution is 0.138. The number of halogens is 1. The summed E-state index contributed by atoms with van der Waals surface area (Å²) < 4.78 is 12.8. The minimum Gasteiger partial charge on any atom is -0.369 e. The van der Waals surface area contributed by atoms with Gasteiger partial charge >= 0.3 is 0 Å². The van der Waals surface area contributed by atoms with Crippen LogP contribution in [0.15, 0.2) is 24.3 Å². The second kappa shape index (κ2) is 4.63. The van der Waals surface area contributed by atoms with Crippen molar-refractivity contribution in [2.45, 2.75) is 6.04 Å². The molecule has 3 nitrogen and oxygen atoms in total. The molecule has 1 aromatic rings. The molecule has 4 heteroatoms. The number of nitrogens with zero attached hydrogens (tertiary/aromatic N) is 2. The van der Waals surface area contributed by atoms with Gasteiger partial charge in [0.1, 0.15) is 5.82 Å². The Morgan fingerprint density at radius 2 is 1.65 bits per heavy atom. The molecular formula is C13H18FN3. The Hall–Kier alpha value is -1.13. The van der Waals surface area contributed by atoms with Crippen molar-refractivity contribution in [1.82, 2.24) is 10.2 Å². The smallest absolute Gasteiger partial charge is 0.123 e. The second-order valence-electron chi connectivity index (χ2n) is 4.81. The number of piperazine rings is 1. The first-order chi connectivity index (χ1) is 8.33. The van der Waals surface area contributed by atoms with Gasteiger partial charge in [-0.1, -0.05) is 0 Å². The molecule has 0 atom stereocenters. The zero-order valence-electron chi connectivity index (χ0n) is 9.90. The first-order valence-electron chi connectivity index (χ1n) is 6.28. The molecule has 2 fully saturated rings. The minimum absolute atomic E-state index is 0.159. The Kier molecular flexibility index (Phi) is 2.99. The zero-order valence-corrected chi connectivity index (χ0v) is 9.90. The van der Waals surface area contributed by atoms with Crippen LogP contribution in [0.1, 0.15) is 0 Å². The topological polar surface area (TPSA) is 18.5 Å². The van der Waals surface area contributed by atoms with Gasteiger partial charge in [-0.15, -0.1) is 0 Å². The lowest BCUT2D eigenvalue weighted by atomic mass is 10.1. The average molecular weight is 235 g/mol. The molecule has 2 heterocycles. The molecule has 0 saturated carbocycles. The van der Waals surface area contributed by atoms with Gasteiger partial charge in [0, 0.05) is 51.0 Å². The van der Waals surface area contributed by atoms with Crippen LogP contribution in [0.25, 0.3) is 0 Å². The van der Waals surface area contributed by atoms with Crippen molar-refractivity contribution in [3.05, 3.63) is 30.1 Å². The molecule has 0 bridgehead atoms. The fraction of sp³-hybridized carbons (Fsp3) is 0.538. The Labute approximate surface area is 101 Å². The molecule has 3 rings (SSSR count). The fourth-order valence-electron chi connectivity index (χ4n) is 2.53. The molecular weight excluding hydrogens is 217 g/mol. The van der Waals surface area contributed by atoms with E-state index < -0.39 is 0 Å². The Balaban J connectivity index is 1.58. The summed E-state index contributed by atoms with van der Waals surface area (Å²) in [6.45, 7) is 6.59. The van der Waals surface area contributed by atoms with E-state index in [1.54, 1.807) is 0 Å². The third-order valence-corrected chi connectivity index (χ3v) is 3.78. The third-order valence-electron chi connectivity index (χ3n) is 3.78. The number of nitrogens with one attached hydrogen (secondary N) is 1. The highest BCUT2D eigenvalue weighted by Crippen LogP contribution is 2.18. The third kappa shape index (κ3) is 2.28. The summed E-state index contributed by atoms with van der Waals surface area (Å²) in [5, 5.41) is 3.31. The van der Waals surface area contributed by atoms with Gasteiger partial charge in [0.05, 0.1) is 0 Å². The van der Waals surface area contributed by atoms with Crippen molar-refractivity contribution in [2.75, 3.05) is 44.2 Å². The van der Waals surface area contributed by atoms with Crippen molar-refractivity contribution < 1.29 is 4.39 Å². The molecule has 0 spiro atoms. The van der Waals surface area contributed by atoms with Crippen molar-refractivity contribution in [3.63, 3.8) is 0 Å². The number of hydrogen-bond acceptors (Lipinski definition) is 3. The summed E-state index contributed by atoms with van der Waals surface area (Å²) in [4.78, 5) is 4.89. The van der Waals surface area contributed by atoms with Crippen molar-refractivity contribution in [3.8, 4) is 0 Å². The quantitative estimate of drug-likeness (QED) is 0.822. The summed E-state index contributed by atoms with van der Waals surface area (Å²) in [5.41, 5.74) is 1.14. The van der Waals surface area contributed by atoms with Gasteiger partial charge in [0.15, 0.2) is 0 Å². The number of anilines is 1. The Morgan fingerprint density at radius 1 is 1.00 bits per heavy atom. The van der Waals surface area contributed by atoms with Gasteiger partial charge in [-0.3, -0.25) is 4.90 Å². The molecule has 1 aromatic carbocycles. The van der Waals surface area contributed by atoms with Crippen molar-refractivity contribution in [1.29, 1.82) is 0 Å². The first-order valence-corrected chi connectivity index (χ1v) is 6.28. The van der Waals surface area contributed by atoms with E-state index in [0.717, 1.165) is 51.0 Å². The maximum atomic E-state index is 12.8. The Bertz CT molecular complexity index is 367. The molecule has 1 N–H and O–H groups in total. The van der Waals surface area contributed by atoms with Crippen LogP contribution in [-0.4, -0.2) is 50.2 Å². The monoisotopic (exact) mass is 235 g/mol. The number of hydrogen-bond donors (Lipinski definition) is 1. The predicted molar refractivity (Wildman–Crippen MR) is 66.8 cm³/mol. The van der Waals surface area contributed by atoms with E-state index in [4.69, 9.17) is 0 Å². The molecule has 0 amide bonds. The molecule has 0 unspecified atom stereocenters. The molecule has 0 aromatic heterocycles. The van der Waals surface area contributed by atoms with Gasteiger partial charge in [-0.2, -0.15) is 0 Å². The lowest BCUT2D eigenvalue weighted by Gasteiger charge is -2.43. The predicted octanol–water partition coefficient (Wildman–Crippen LogP) is 0.919. The van der Waals surface area contributed by atoms with Crippen LogP contribution in [0, 0.1) is 5.82 Å². The molecule has 2 aliphatic rings. The maximum absolute atomic E-state index is 12.8. The van der Waals surface area contributed by atoms with Crippen LogP contribution in [0.2, 0.25) is 0 Å². The highest BCUT2D eigenvalue weighted by atomic mass is 19.1. The Morgan fingerprint density at radius 3 is 2.18 bits per heavy atom. The molecule has 0 radical (unpaired) electrons. The van der Waals surface area contributed by atoms with Crippen LogP contribution < -0.4 is 10.2 Å². The van der Waals surface area contributed by atoms with E-state index >= 15 is 0 Å². The van der Waals surface area contributed by atoms with Crippen molar-refractivity contribution >= 4 is 5.69 Å². The average Bonchev–Trinajstić information content (AvgIpc) is 2.29. The molecule has 0 aliphatic carbocycles. The van der Waals surface area contributed by atoms with Gasteiger partial charge in [0.2, 0.25) is 0 Å².